The molecule has 1 saturated carbocycles. The van der Waals surface area contributed by atoms with Gasteiger partial charge in [0.25, 0.3) is 0 Å². The normalized spacial score (nSPS) is 16.9. The highest BCUT2D eigenvalue weighted by molar-refractivity contribution is 14.0. The molecule has 0 amide bonds. The summed E-state index contributed by atoms with van der Waals surface area (Å²) in [5, 5.41) is 9.05. The van der Waals surface area contributed by atoms with E-state index in [1.54, 1.807) is 0 Å². The molecule has 4 nitrogen and oxygen atoms in total. The molecule has 0 radical (unpaired) electrons. The maximum Gasteiger partial charge on any atom is 0.191 e. The van der Waals surface area contributed by atoms with Crippen LogP contribution in [-0.2, 0) is 5.41 Å². The molecular formula is C17H31IN4S. The zero-order chi connectivity index (χ0) is 16.2. The highest BCUT2D eigenvalue weighted by Gasteiger charge is 2.29. The van der Waals surface area contributed by atoms with E-state index in [4.69, 9.17) is 0 Å². The van der Waals surface area contributed by atoms with Crippen molar-refractivity contribution in [1.82, 2.24) is 15.5 Å². The van der Waals surface area contributed by atoms with Crippen molar-refractivity contribution in [3.05, 3.63) is 22.4 Å². The number of hydrogen-bond donors (Lipinski definition) is 2. The number of guanidine groups is 1. The zero-order valence-corrected chi connectivity index (χ0v) is 18.1. The van der Waals surface area contributed by atoms with Crippen molar-refractivity contribution < 1.29 is 0 Å². The summed E-state index contributed by atoms with van der Waals surface area (Å²) in [7, 11) is 4.06. The van der Waals surface area contributed by atoms with Crippen LogP contribution in [0.1, 0.15) is 38.5 Å². The van der Waals surface area contributed by atoms with Crippen molar-refractivity contribution >= 4 is 41.3 Å². The van der Waals surface area contributed by atoms with E-state index in [2.05, 4.69) is 65.9 Å². The average Bonchev–Trinajstić information content (AvgIpc) is 3.19. The molecule has 0 spiro atoms. The second kappa shape index (κ2) is 9.22. The Morgan fingerprint density at radius 2 is 2.13 bits per heavy atom. The topological polar surface area (TPSA) is 39.7 Å². The monoisotopic (exact) mass is 450 g/mol. The number of nitrogens with zero attached hydrogens (tertiary/aromatic N) is 2. The van der Waals surface area contributed by atoms with Gasteiger partial charge >= 0.3 is 0 Å². The minimum absolute atomic E-state index is 0. The van der Waals surface area contributed by atoms with Crippen LogP contribution < -0.4 is 10.6 Å². The van der Waals surface area contributed by atoms with Crippen LogP contribution in [0.15, 0.2) is 22.5 Å². The number of rotatable bonds is 7. The standard InChI is InChI=1S/C17H30N4S.HI/c1-13(21(5)14-8-9-14)11-19-16(18-4)20-12-17(2,3)15-7-6-10-22-15;/h6-7,10,13-14H,8-9,11-12H2,1-5H3,(H2,18,19,20);1H. The van der Waals surface area contributed by atoms with Crippen molar-refractivity contribution in [2.75, 3.05) is 27.2 Å². The molecular weight excluding hydrogens is 419 g/mol. The minimum atomic E-state index is 0. The van der Waals surface area contributed by atoms with E-state index in [0.717, 1.165) is 25.1 Å². The van der Waals surface area contributed by atoms with Crippen LogP contribution in [0.4, 0.5) is 0 Å². The second-order valence-corrected chi connectivity index (χ2v) is 7.86. The lowest BCUT2D eigenvalue weighted by atomic mass is 9.91. The van der Waals surface area contributed by atoms with Crippen molar-refractivity contribution in [2.24, 2.45) is 4.99 Å². The number of halogens is 1. The summed E-state index contributed by atoms with van der Waals surface area (Å²) in [4.78, 5) is 8.21. The lowest BCUT2D eigenvalue weighted by Gasteiger charge is -2.27. The molecule has 1 unspecified atom stereocenters. The molecule has 0 saturated heterocycles. The average molecular weight is 450 g/mol. The van der Waals surface area contributed by atoms with Crippen molar-refractivity contribution in [3.8, 4) is 0 Å². The lowest BCUT2D eigenvalue weighted by molar-refractivity contribution is 0.247. The summed E-state index contributed by atoms with van der Waals surface area (Å²) in [5.74, 6) is 0.890. The molecule has 1 atom stereocenters. The van der Waals surface area contributed by atoms with Gasteiger partial charge in [0.15, 0.2) is 5.96 Å². The molecule has 1 aliphatic carbocycles. The Kier molecular flexibility index (Phi) is 8.30. The summed E-state index contributed by atoms with van der Waals surface area (Å²) in [6, 6.07) is 5.64. The van der Waals surface area contributed by atoms with E-state index >= 15 is 0 Å². The first kappa shape index (κ1) is 20.7. The van der Waals surface area contributed by atoms with Crippen LogP contribution in [0, 0.1) is 0 Å². The molecule has 23 heavy (non-hydrogen) atoms. The molecule has 1 aromatic heterocycles. The molecule has 1 aromatic rings. The summed E-state index contributed by atoms with van der Waals surface area (Å²) in [6.07, 6.45) is 2.70. The Balaban J connectivity index is 0.00000264. The lowest BCUT2D eigenvalue weighted by Crippen LogP contribution is -2.47. The van der Waals surface area contributed by atoms with Gasteiger partial charge < -0.3 is 10.6 Å². The van der Waals surface area contributed by atoms with Crippen LogP contribution in [0.25, 0.3) is 0 Å². The smallest absolute Gasteiger partial charge is 0.191 e. The second-order valence-electron chi connectivity index (χ2n) is 6.91. The van der Waals surface area contributed by atoms with Gasteiger partial charge in [0.05, 0.1) is 0 Å². The van der Waals surface area contributed by atoms with E-state index in [0.29, 0.717) is 6.04 Å². The van der Waals surface area contributed by atoms with E-state index < -0.39 is 0 Å². The Labute approximate surface area is 162 Å². The molecule has 1 fully saturated rings. The predicted molar refractivity (Wildman–Crippen MR) is 112 cm³/mol. The number of thiophene rings is 1. The Morgan fingerprint density at radius 3 is 2.65 bits per heavy atom. The third-order valence-corrected chi connectivity index (χ3v) is 5.73. The maximum absolute atomic E-state index is 4.34. The predicted octanol–water partition coefficient (Wildman–Crippen LogP) is 3.29. The Morgan fingerprint density at radius 1 is 1.43 bits per heavy atom. The molecule has 2 rings (SSSR count). The first-order valence-electron chi connectivity index (χ1n) is 8.14. The molecule has 0 bridgehead atoms. The first-order chi connectivity index (χ1) is 10.4. The summed E-state index contributed by atoms with van der Waals surface area (Å²) in [6.45, 7) is 8.60. The van der Waals surface area contributed by atoms with Crippen LogP contribution in [0.2, 0.25) is 0 Å². The molecule has 6 heteroatoms. The van der Waals surface area contributed by atoms with E-state index in [1.165, 1.54) is 17.7 Å². The van der Waals surface area contributed by atoms with Crippen molar-refractivity contribution in [2.45, 2.75) is 51.1 Å². The third kappa shape index (κ3) is 6.23. The van der Waals surface area contributed by atoms with Crippen LogP contribution in [0.3, 0.4) is 0 Å². The molecule has 1 aliphatic rings. The quantitative estimate of drug-likeness (QED) is 0.381. The van der Waals surface area contributed by atoms with Gasteiger partial charge in [-0.3, -0.25) is 9.89 Å². The number of nitrogens with one attached hydrogen (secondary N) is 2. The minimum Gasteiger partial charge on any atom is -0.356 e. The van der Waals surface area contributed by atoms with Crippen LogP contribution in [0.5, 0.6) is 0 Å². The van der Waals surface area contributed by atoms with E-state index in [1.807, 2.05) is 18.4 Å². The zero-order valence-electron chi connectivity index (χ0n) is 14.9. The molecule has 1 heterocycles. The Hall–Kier alpha value is -0.340. The third-order valence-electron chi connectivity index (χ3n) is 4.49. The molecule has 0 aromatic carbocycles. The maximum atomic E-state index is 4.34. The molecule has 0 aliphatic heterocycles. The van der Waals surface area contributed by atoms with Gasteiger partial charge in [-0.1, -0.05) is 19.9 Å². The van der Waals surface area contributed by atoms with Gasteiger partial charge in [0.1, 0.15) is 0 Å². The fourth-order valence-electron chi connectivity index (χ4n) is 2.51. The van der Waals surface area contributed by atoms with E-state index in [-0.39, 0.29) is 29.4 Å². The first-order valence-corrected chi connectivity index (χ1v) is 9.02. The van der Waals surface area contributed by atoms with Crippen LogP contribution in [-0.4, -0.2) is 50.1 Å². The summed E-state index contributed by atoms with van der Waals surface area (Å²) >= 11 is 1.81. The highest BCUT2D eigenvalue weighted by atomic mass is 127. The fourth-order valence-corrected chi connectivity index (χ4v) is 3.36. The van der Waals surface area contributed by atoms with Crippen molar-refractivity contribution in [3.63, 3.8) is 0 Å². The van der Waals surface area contributed by atoms with Gasteiger partial charge in [-0.05, 0) is 38.3 Å². The largest absolute Gasteiger partial charge is 0.356 e. The van der Waals surface area contributed by atoms with Crippen molar-refractivity contribution in [1.29, 1.82) is 0 Å². The number of hydrogen-bond acceptors (Lipinski definition) is 3. The highest BCUT2D eigenvalue weighted by Crippen LogP contribution is 2.27. The fraction of sp³-hybridized carbons (Fsp3) is 0.706. The van der Waals surface area contributed by atoms with Gasteiger partial charge in [-0.25, -0.2) is 0 Å². The van der Waals surface area contributed by atoms with Crippen LogP contribution >= 0.6 is 35.3 Å². The SMILES string of the molecule is CN=C(NCC(C)N(C)C1CC1)NCC(C)(C)c1cccs1.I. The molecule has 2 N–H and O–H groups in total. The number of aliphatic imine (C=N–C) groups is 1. The molecule has 132 valence electrons. The van der Waals surface area contributed by atoms with Gasteiger partial charge in [0, 0.05) is 42.5 Å². The van der Waals surface area contributed by atoms with Gasteiger partial charge in [-0.15, -0.1) is 35.3 Å². The van der Waals surface area contributed by atoms with Gasteiger partial charge in [0.2, 0.25) is 0 Å². The number of likely N-dealkylation sites (N-methyl/N-ethyl adjacent to an activating group) is 1. The Bertz CT molecular complexity index is 483. The summed E-state index contributed by atoms with van der Waals surface area (Å²) < 4.78 is 0. The van der Waals surface area contributed by atoms with Gasteiger partial charge in [-0.2, -0.15) is 0 Å². The summed E-state index contributed by atoms with van der Waals surface area (Å²) in [5.41, 5.74) is 0.113. The van der Waals surface area contributed by atoms with E-state index in [9.17, 15) is 0 Å².